The Morgan fingerprint density at radius 3 is 2.69 bits per heavy atom. The number of carbonyl (C=O) groups is 1. The lowest BCUT2D eigenvalue weighted by molar-refractivity contribution is -0.119. The third-order valence-electron chi connectivity index (χ3n) is 7.63. The number of H-pyrrole nitrogens is 1. The van der Waals surface area contributed by atoms with Crippen molar-refractivity contribution in [1.29, 1.82) is 0 Å². The molecule has 0 aliphatic carbocycles. The zero-order valence-electron chi connectivity index (χ0n) is 24.0. The number of benzene rings is 3. The summed E-state index contributed by atoms with van der Waals surface area (Å²) in [6.45, 7) is 1.86. The molecule has 14 heteroatoms. The molecule has 232 valence electrons. The van der Waals surface area contributed by atoms with Crippen LogP contribution in [0.15, 0.2) is 77.6 Å². The van der Waals surface area contributed by atoms with Crippen molar-refractivity contribution in [2.75, 3.05) is 0 Å². The molecule has 1 aliphatic rings. The lowest BCUT2D eigenvalue weighted by Crippen LogP contribution is -2.31. The van der Waals surface area contributed by atoms with E-state index >= 15 is 8.78 Å². The van der Waals surface area contributed by atoms with Crippen LogP contribution in [0.1, 0.15) is 36.7 Å². The summed E-state index contributed by atoms with van der Waals surface area (Å²) in [5.41, 5.74) is 0.673. The number of fused-ring (bicyclic) bond motifs is 8. The topological polar surface area (TPSA) is 128 Å². The molecule has 0 spiro atoms. The summed E-state index contributed by atoms with van der Waals surface area (Å²) in [5.74, 6) is -1.77. The number of nitrogens with zero attached hydrogens (tertiary/aromatic N) is 3. The van der Waals surface area contributed by atoms with Gasteiger partial charge in [-0.1, -0.05) is 28.1 Å². The van der Waals surface area contributed by atoms with Crippen LogP contribution in [-0.2, 0) is 38.2 Å². The number of aromatic amines is 1. The van der Waals surface area contributed by atoms with Crippen molar-refractivity contribution in [3.63, 3.8) is 0 Å². The van der Waals surface area contributed by atoms with Crippen LogP contribution < -0.4 is 9.46 Å². The van der Waals surface area contributed by atoms with Crippen LogP contribution >= 0.6 is 15.9 Å². The molecule has 0 saturated carbocycles. The SMILES string of the molecule is Cn1nc2nc1-c1cc(ccc1F)Oc1c(F)cc3[nH]ccc3c1CCC(=O)NS(=O)(=O)O/C=C\CC2(C)c1cccc(Br)c1. The fourth-order valence-corrected chi connectivity index (χ4v) is 6.36. The van der Waals surface area contributed by atoms with Crippen molar-refractivity contribution in [2.45, 2.75) is 31.6 Å². The molecular weight excluding hydrogens is 672 g/mol. The van der Waals surface area contributed by atoms with Crippen molar-refractivity contribution in [1.82, 2.24) is 24.5 Å². The molecule has 1 amide bonds. The van der Waals surface area contributed by atoms with Crippen molar-refractivity contribution in [2.24, 2.45) is 7.05 Å². The van der Waals surface area contributed by atoms with Gasteiger partial charge in [0.25, 0.3) is 0 Å². The molecule has 3 aromatic carbocycles. The molecule has 1 aliphatic heterocycles. The minimum absolute atomic E-state index is 0.0669. The predicted molar refractivity (Wildman–Crippen MR) is 166 cm³/mol. The van der Waals surface area contributed by atoms with Gasteiger partial charge < -0.3 is 13.9 Å². The summed E-state index contributed by atoms with van der Waals surface area (Å²) in [7, 11) is -2.89. The molecule has 1 unspecified atom stereocenters. The Hall–Kier alpha value is -4.56. The third kappa shape index (κ3) is 6.07. The van der Waals surface area contributed by atoms with E-state index < -0.39 is 33.3 Å². The van der Waals surface area contributed by atoms with Gasteiger partial charge in [-0.3, -0.25) is 4.79 Å². The monoisotopic (exact) mass is 697 g/mol. The van der Waals surface area contributed by atoms with Crippen LogP contribution in [0.4, 0.5) is 8.78 Å². The molecule has 10 nitrogen and oxygen atoms in total. The van der Waals surface area contributed by atoms with Gasteiger partial charge in [0.2, 0.25) is 5.91 Å². The Labute approximate surface area is 265 Å². The fourth-order valence-electron chi connectivity index (χ4n) is 5.31. The molecular formula is C31H26BrF2N5O5S. The van der Waals surface area contributed by atoms with Crippen LogP contribution in [0.25, 0.3) is 22.3 Å². The summed E-state index contributed by atoms with van der Waals surface area (Å²) in [5, 5.41) is 5.19. The molecule has 5 aromatic rings. The molecule has 0 fully saturated rings. The van der Waals surface area contributed by atoms with Crippen molar-refractivity contribution < 1.29 is 30.9 Å². The fraction of sp³-hybridized carbons (Fsp3) is 0.194. The zero-order chi connectivity index (χ0) is 31.9. The highest BCUT2D eigenvalue weighted by Gasteiger charge is 2.34. The van der Waals surface area contributed by atoms with Gasteiger partial charge in [-0.15, -0.1) is 0 Å². The molecule has 2 N–H and O–H groups in total. The van der Waals surface area contributed by atoms with Gasteiger partial charge >= 0.3 is 10.3 Å². The van der Waals surface area contributed by atoms with Gasteiger partial charge in [0.05, 0.1) is 11.0 Å². The van der Waals surface area contributed by atoms with E-state index in [2.05, 4.69) is 26.0 Å². The predicted octanol–water partition coefficient (Wildman–Crippen LogP) is 6.33. The Morgan fingerprint density at radius 2 is 1.89 bits per heavy atom. The molecule has 4 bridgehead atoms. The number of aryl methyl sites for hydroxylation is 2. The zero-order valence-corrected chi connectivity index (χ0v) is 26.4. The highest BCUT2D eigenvalue weighted by atomic mass is 79.9. The highest BCUT2D eigenvalue weighted by Crippen LogP contribution is 2.39. The minimum Gasteiger partial charge on any atom is -0.454 e. The molecule has 45 heavy (non-hydrogen) atoms. The quantitative estimate of drug-likeness (QED) is 0.210. The van der Waals surface area contributed by atoms with Gasteiger partial charge in [0, 0.05) is 46.7 Å². The van der Waals surface area contributed by atoms with Crippen LogP contribution in [0.3, 0.4) is 0 Å². The summed E-state index contributed by atoms with van der Waals surface area (Å²) in [6, 6.07) is 14.3. The van der Waals surface area contributed by atoms with E-state index in [0.29, 0.717) is 22.3 Å². The van der Waals surface area contributed by atoms with Crippen molar-refractivity contribution in [3.05, 3.63) is 106 Å². The molecule has 6 rings (SSSR count). The number of ether oxygens (including phenoxy) is 1. The van der Waals surface area contributed by atoms with E-state index in [4.69, 9.17) is 13.9 Å². The van der Waals surface area contributed by atoms with Crippen LogP contribution in [0.2, 0.25) is 0 Å². The number of carbonyl (C=O) groups excluding carboxylic acids is 1. The Balaban J connectivity index is 1.52. The van der Waals surface area contributed by atoms with Gasteiger partial charge in [-0.25, -0.2) is 23.2 Å². The van der Waals surface area contributed by atoms with Crippen LogP contribution in [-0.4, -0.2) is 34.1 Å². The molecule has 0 radical (unpaired) electrons. The van der Waals surface area contributed by atoms with Crippen molar-refractivity contribution in [3.8, 4) is 22.9 Å². The first-order chi connectivity index (χ1) is 21.4. The van der Waals surface area contributed by atoms with E-state index in [1.54, 1.807) is 19.3 Å². The van der Waals surface area contributed by atoms with Gasteiger partial charge in [0.1, 0.15) is 17.8 Å². The maximum absolute atomic E-state index is 15.5. The summed E-state index contributed by atoms with van der Waals surface area (Å²) < 4.78 is 71.1. The Morgan fingerprint density at radius 1 is 1.07 bits per heavy atom. The van der Waals surface area contributed by atoms with E-state index in [-0.39, 0.29) is 42.1 Å². The van der Waals surface area contributed by atoms with Crippen LogP contribution in [0, 0.1) is 11.6 Å². The van der Waals surface area contributed by atoms with E-state index in [1.807, 2.05) is 35.9 Å². The summed E-state index contributed by atoms with van der Waals surface area (Å²) in [4.78, 5) is 20.4. The molecule has 2 aromatic heterocycles. The van der Waals surface area contributed by atoms with E-state index in [9.17, 15) is 13.2 Å². The second-order valence-electron chi connectivity index (χ2n) is 10.7. The molecule has 1 atom stereocenters. The van der Waals surface area contributed by atoms with E-state index in [0.717, 1.165) is 16.3 Å². The van der Waals surface area contributed by atoms with Gasteiger partial charge in [-0.05, 0) is 67.8 Å². The Kier molecular flexibility index (Phi) is 7.95. The Bertz CT molecular complexity index is 2100. The number of nitrogens with one attached hydrogen (secondary N) is 2. The number of allylic oxidation sites excluding steroid dienone is 1. The number of hydrogen-bond acceptors (Lipinski definition) is 7. The maximum atomic E-state index is 15.5. The number of aromatic nitrogens is 4. The largest absolute Gasteiger partial charge is 0.454 e. The highest BCUT2D eigenvalue weighted by molar-refractivity contribution is 9.10. The summed E-state index contributed by atoms with van der Waals surface area (Å²) >= 11 is 3.49. The lowest BCUT2D eigenvalue weighted by Gasteiger charge is -2.26. The average Bonchev–Trinajstić information content (AvgIpc) is 3.62. The van der Waals surface area contributed by atoms with Gasteiger partial charge in [-0.2, -0.15) is 13.5 Å². The first kappa shape index (κ1) is 30.5. The lowest BCUT2D eigenvalue weighted by atomic mass is 9.79. The number of hydrogen-bond donors (Lipinski definition) is 2. The molecule has 0 saturated heterocycles. The van der Waals surface area contributed by atoms with Crippen LogP contribution in [0.5, 0.6) is 11.5 Å². The minimum atomic E-state index is -4.52. The first-order valence-corrected chi connectivity index (χ1v) is 16.0. The van der Waals surface area contributed by atoms with Gasteiger partial charge in [0.15, 0.2) is 23.2 Å². The average molecular weight is 699 g/mol. The number of halogens is 3. The third-order valence-corrected chi connectivity index (χ3v) is 8.96. The van der Waals surface area contributed by atoms with E-state index in [1.165, 1.54) is 35.0 Å². The smallest absolute Gasteiger partial charge is 0.409 e. The maximum Gasteiger partial charge on any atom is 0.409 e. The summed E-state index contributed by atoms with van der Waals surface area (Å²) in [6.07, 6.45) is 3.81. The second-order valence-corrected chi connectivity index (χ2v) is 12.9. The normalized spacial score (nSPS) is 19.3. The first-order valence-electron chi connectivity index (χ1n) is 13.8. The standard InChI is InChI=1S/C31H26BrF2N5O5S/c1-31(18-5-3-6-19(32)15-18)12-4-14-43-45(41,42)38-27(40)10-8-22-21-11-13-35-26(21)17-25(34)28(22)44-20-7-9-24(33)23(16-20)29-36-30(31)37-39(29)2/h3-7,9,11,13-17,35H,8,10,12H2,1-2H3,(H,38,40)/b14-4-. The van der Waals surface area contributed by atoms with Crippen molar-refractivity contribution >= 4 is 43.0 Å². The number of amides is 1. The second kappa shape index (κ2) is 11.7. The number of rotatable bonds is 1. The molecule has 3 heterocycles.